The summed E-state index contributed by atoms with van der Waals surface area (Å²) < 4.78 is 5.42. The Kier molecular flexibility index (Phi) is 4.36. The number of aryl methyl sites for hydroxylation is 1. The largest absolute Gasteiger partial charge is 0.497 e. The van der Waals surface area contributed by atoms with Crippen molar-refractivity contribution < 1.29 is 14.6 Å². The van der Waals surface area contributed by atoms with Gasteiger partial charge in [0.25, 0.3) is 0 Å². The lowest BCUT2D eigenvalue weighted by atomic mass is 9.52. The fourth-order valence-electron chi connectivity index (χ4n) is 6.77. The lowest BCUT2D eigenvalue weighted by Gasteiger charge is -2.52. The number of methoxy groups -OCH3 is 1. The van der Waals surface area contributed by atoms with Gasteiger partial charge in [-0.1, -0.05) is 43.3 Å². The minimum Gasteiger partial charge on any atom is -0.497 e. The van der Waals surface area contributed by atoms with Gasteiger partial charge in [0.15, 0.2) is 5.78 Å². The van der Waals surface area contributed by atoms with E-state index in [1.807, 2.05) is 30.3 Å². The van der Waals surface area contributed by atoms with Crippen LogP contribution in [0.5, 0.6) is 5.75 Å². The molecule has 3 aliphatic carbocycles. The Bertz CT molecular complexity index is 936. The quantitative estimate of drug-likeness (QED) is 0.826. The van der Waals surface area contributed by atoms with Crippen molar-refractivity contribution in [2.75, 3.05) is 7.11 Å². The number of carbonyl (C=O) groups is 1. The summed E-state index contributed by atoms with van der Waals surface area (Å²) in [6.45, 7) is 2.19. The summed E-state index contributed by atoms with van der Waals surface area (Å²) in [6.07, 6.45) is 5.03. The van der Waals surface area contributed by atoms with Gasteiger partial charge in [-0.25, -0.2) is 0 Å². The van der Waals surface area contributed by atoms with Crippen molar-refractivity contribution in [2.45, 2.75) is 57.0 Å². The van der Waals surface area contributed by atoms with E-state index < -0.39 is 5.60 Å². The molecule has 5 rings (SSSR count). The maximum absolute atomic E-state index is 13.2. The summed E-state index contributed by atoms with van der Waals surface area (Å²) in [5, 5.41) is 11.8. The molecule has 0 unspecified atom stereocenters. The molecule has 0 bridgehead atoms. The molecule has 3 aliphatic rings. The molecule has 0 amide bonds. The van der Waals surface area contributed by atoms with E-state index in [0.717, 1.165) is 37.0 Å². The molecule has 3 heteroatoms. The molecule has 152 valence electrons. The van der Waals surface area contributed by atoms with Gasteiger partial charge >= 0.3 is 0 Å². The van der Waals surface area contributed by atoms with Crippen LogP contribution in [0, 0.1) is 17.3 Å². The van der Waals surface area contributed by atoms with Crippen LogP contribution in [0.15, 0.2) is 48.5 Å². The number of hydrogen-bond donors (Lipinski definition) is 1. The van der Waals surface area contributed by atoms with E-state index in [4.69, 9.17) is 4.74 Å². The Labute approximate surface area is 173 Å². The highest BCUT2D eigenvalue weighted by Crippen LogP contribution is 2.63. The van der Waals surface area contributed by atoms with Crippen molar-refractivity contribution >= 4 is 5.78 Å². The van der Waals surface area contributed by atoms with Gasteiger partial charge in [-0.3, -0.25) is 4.79 Å². The molecule has 0 saturated heterocycles. The third kappa shape index (κ3) is 2.70. The van der Waals surface area contributed by atoms with Crippen LogP contribution in [-0.4, -0.2) is 23.6 Å². The molecule has 0 heterocycles. The monoisotopic (exact) mass is 390 g/mol. The van der Waals surface area contributed by atoms with Crippen molar-refractivity contribution in [1.29, 1.82) is 0 Å². The molecule has 29 heavy (non-hydrogen) atoms. The number of hydrogen-bond acceptors (Lipinski definition) is 3. The first-order valence-corrected chi connectivity index (χ1v) is 10.9. The Balaban J connectivity index is 1.48. The standard InChI is InChI=1S/C26H30O3/c1-25-13-12-21-20-11-9-19(29-2)14-18(20)8-10-22(21)23(25)15-24(27)26(25,28)16-17-6-4-3-5-7-17/h3-7,9,11,14,21-23,28H,8,10,12-13,15-16H2,1-2H3/t21-,22-,23+,25+,26-/m1/s1. The molecule has 1 N–H and O–H groups in total. The molecular weight excluding hydrogens is 360 g/mol. The maximum Gasteiger partial charge on any atom is 0.165 e. The van der Waals surface area contributed by atoms with Crippen LogP contribution in [0.2, 0.25) is 0 Å². The summed E-state index contributed by atoms with van der Waals surface area (Å²) in [5.74, 6) is 2.21. The second kappa shape index (κ2) is 6.70. The van der Waals surface area contributed by atoms with Gasteiger partial charge in [-0.05, 0) is 72.3 Å². The van der Waals surface area contributed by atoms with Crippen LogP contribution in [-0.2, 0) is 17.6 Å². The van der Waals surface area contributed by atoms with E-state index in [1.54, 1.807) is 7.11 Å². The van der Waals surface area contributed by atoms with Crippen LogP contribution in [0.3, 0.4) is 0 Å². The molecule has 0 aliphatic heterocycles. The third-order valence-corrected chi connectivity index (χ3v) is 8.44. The van der Waals surface area contributed by atoms with Gasteiger partial charge in [0, 0.05) is 18.3 Å². The predicted molar refractivity (Wildman–Crippen MR) is 113 cm³/mol. The average molecular weight is 391 g/mol. The topological polar surface area (TPSA) is 46.5 Å². The zero-order valence-electron chi connectivity index (χ0n) is 17.4. The van der Waals surface area contributed by atoms with Crippen molar-refractivity contribution in [1.82, 2.24) is 0 Å². The molecule has 0 radical (unpaired) electrons. The Hall–Kier alpha value is -2.13. The number of fused-ring (bicyclic) bond motifs is 5. The average Bonchev–Trinajstić information content (AvgIpc) is 2.94. The number of rotatable bonds is 3. The summed E-state index contributed by atoms with van der Waals surface area (Å²) in [4.78, 5) is 13.2. The number of ether oxygens (including phenoxy) is 1. The number of aliphatic hydroxyl groups is 1. The van der Waals surface area contributed by atoms with Crippen molar-refractivity contribution in [3.8, 4) is 5.75 Å². The molecule has 2 aromatic carbocycles. The van der Waals surface area contributed by atoms with E-state index in [2.05, 4.69) is 25.1 Å². The van der Waals surface area contributed by atoms with Crippen molar-refractivity contribution in [3.63, 3.8) is 0 Å². The zero-order chi connectivity index (χ0) is 20.2. The number of Topliss-reactive ketones (excluding diaryl/α,β-unsaturated/α-hetero) is 1. The first kappa shape index (κ1) is 18.9. The first-order valence-electron chi connectivity index (χ1n) is 10.9. The first-order chi connectivity index (χ1) is 14.0. The van der Waals surface area contributed by atoms with Gasteiger partial charge in [0.1, 0.15) is 11.4 Å². The van der Waals surface area contributed by atoms with Crippen LogP contribution < -0.4 is 4.74 Å². The van der Waals surface area contributed by atoms with E-state index in [-0.39, 0.29) is 17.1 Å². The normalized spacial score (nSPS) is 35.6. The second-order valence-electron chi connectivity index (χ2n) is 9.59. The Morgan fingerprint density at radius 2 is 1.93 bits per heavy atom. The predicted octanol–water partition coefficient (Wildman–Crippen LogP) is 4.70. The van der Waals surface area contributed by atoms with E-state index in [9.17, 15) is 9.90 Å². The van der Waals surface area contributed by atoms with Gasteiger partial charge in [0.2, 0.25) is 0 Å². The zero-order valence-corrected chi connectivity index (χ0v) is 17.4. The SMILES string of the molecule is COc1ccc2c(c1)CC[C@@H]1[C@@H]2CC[C@@]2(C)[C@H]1CC(=O)[C@]2(O)Cc1ccccc1. The fraction of sp³-hybridized carbons (Fsp3) is 0.500. The van der Waals surface area contributed by atoms with E-state index >= 15 is 0 Å². The smallest absolute Gasteiger partial charge is 0.165 e. The molecule has 2 aromatic rings. The fourth-order valence-corrected chi connectivity index (χ4v) is 6.77. The van der Waals surface area contributed by atoms with Crippen molar-refractivity contribution in [3.05, 3.63) is 65.2 Å². The Morgan fingerprint density at radius 1 is 1.14 bits per heavy atom. The molecule has 5 atom stereocenters. The summed E-state index contributed by atoms with van der Waals surface area (Å²) >= 11 is 0. The van der Waals surface area contributed by atoms with Crippen LogP contribution in [0.1, 0.15) is 55.2 Å². The molecular formula is C26H30O3. The summed E-state index contributed by atoms with van der Waals surface area (Å²) in [6, 6.07) is 16.5. The highest BCUT2D eigenvalue weighted by molar-refractivity contribution is 5.91. The van der Waals surface area contributed by atoms with E-state index in [0.29, 0.717) is 24.7 Å². The van der Waals surface area contributed by atoms with E-state index in [1.165, 1.54) is 11.1 Å². The highest BCUT2D eigenvalue weighted by atomic mass is 16.5. The molecule has 3 nitrogen and oxygen atoms in total. The van der Waals surface area contributed by atoms with Gasteiger partial charge in [-0.15, -0.1) is 0 Å². The summed E-state index contributed by atoms with van der Waals surface area (Å²) in [7, 11) is 1.72. The number of benzene rings is 2. The lowest BCUT2D eigenvalue weighted by molar-refractivity contribution is -0.148. The van der Waals surface area contributed by atoms with Crippen LogP contribution >= 0.6 is 0 Å². The summed E-state index contributed by atoms with van der Waals surface area (Å²) in [5.41, 5.74) is 2.30. The lowest BCUT2D eigenvalue weighted by Crippen LogP contribution is -2.54. The number of carbonyl (C=O) groups excluding carboxylic acids is 1. The van der Waals surface area contributed by atoms with Gasteiger partial charge < -0.3 is 9.84 Å². The van der Waals surface area contributed by atoms with Crippen LogP contribution in [0.25, 0.3) is 0 Å². The Morgan fingerprint density at radius 3 is 2.69 bits per heavy atom. The minimum absolute atomic E-state index is 0.0510. The van der Waals surface area contributed by atoms with Gasteiger partial charge in [-0.2, -0.15) is 0 Å². The molecule has 2 fully saturated rings. The minimum atomic E-state index is -1.25. The molecule has 0 spiro atoms. The second-order valence-corrected chi connectivity index (χ2v) is 9.59. The van der Waals surface area contributed by atoms with Crippen molar-refractivity contribution in [2.24, 2.45) is 17.3 Å². The molecule has 0 aromatic heterocycles. The maximum atomic E-state index is 13.2. The van der Waals surface area contributed by atoms with Gasteiger partial charge in [0.05, 0.1) is 7.11 Å². The molecule has 2 saturated carbocycles. The van der Waals surface area contributed by atoms with Crippen LogP contribution in [0.4, 0.5) is 0 Å². The third-order valence-electron chi connectivity index (χ3n) is 8.44. The highest BCUT2D eigenvalue weighted by Gasteiger charge is 2.65. The number of ketones is 1.